The summed E-state index contributed by atoms with van der Waals surface area (Å²) in [6.07, 6.45) is 5.11. The zero-order valence-corrected chi connectivity index (χ0v) is 15.4. The minimum Gasteiger partial charge on any atom is -0.353 e. The lowest BCUT2D eigenvalue weighted by molar-refractivity contribution is -0.121. The van der Waals surface area contributed by atoms with Crippen LogP contribution in [0.4, 0.5) is 0 Å². The van der Waals surface area contributed by atoms with Crippen LogP contribution in [0.1, 0.15) is 39.0 Å². The van der Waals surface area contributed by atoms with Crippen LogP contribution in [-0.2, 0) is 14.6 Å². The molecule has 24 heavy (non-hydrogen) atoms. The highest BCUT2D eigenvalue weighted by atomic mass is 35.5. The number of hydrogen-bond donors (Lipinski definition) is 1. The molecule has 1 N–H and O–H groups in total. The largest absolute Gasteiger partial charge is 0.353 e. The van der Waals surface area contributed by atoms with Crippen LogP contribution < -0.4 is 5.32 Å². The molecule has 0 radical (unpaired) electrons. The first-order chi connectivity index (χ1) is 11.3. The fraction of sp³-hybridized carbons (Fsp3) is 0.611. The number of halogens is 1. The molecule has 0 aliphatic heterocycles. The van der Waals surface area contributed by atoms with Gasteiger partial charge in [0.2, 0.25) is 5.91 Å². The van der Waals surface area contributed by atoms with E-state index in [9.17, 15) is 13.2 Å². The van der Waals surface area contributed by atoms with E-state index in [0.29, 0.717) is 10.9 Å². The van der Waals surface area contributed by atoms with E-state index in [4.69, 9.17) is 11.6 Å². The molecular formula is C18H24ClNO3S. The van der Waals surface area contributed by atoms with Crippen molar-refractivity contribution in [2.75, 3.05) is 5.75 Å². The second kappa shape index (κ2) is 7.04. The van der Waals surface area contributed by atoms with Crippen molar-refractivity contribution in [3.05, 3.63) is 29.3 Å². The molecule has 1 aromatic rings. The summed E-state index contributed by atoms with van der Waals surface area (Å²) in [6, 6.07) is 6.18. The number of carbonyl (C=O) groups excluding carboxylic acids is 1. The summed E-state index contributed by atoms with van der Waals surface area (Å²) in [5.74, 6) is 1.78. The lowest BCUT2D eigenvalue weighted by Crippen LogP contribution is -2.40. The second-order valence-electron chi connectivity index (χ2n) is 7.22. The van der Waals surface area contributed by atoms with Gasteiger partial charge in [0.05, 0.1) is 10.6 Å². The SMILES string of the molecule is C[C@@H](NC(=O)CCS(=O)(=O)c1ccc(Cl)cc1)[C@H]1C[C@H]2CC[C@H]1C2. The fourth-order valence-corrected chi connectivity index (χ4v) is 5.69. The molecule has 2 aliphatic rings. The van der Waals surface area contributed by atoms with Gasteiger partial charge in [-0.2, -0.15) is 0 Å². The Morgan fingerprint density at radius 3 is 2.54 bits per heavy atom. The minimum atomic E-state index is -3.45. The summed E-state index contributed by atoms with van der Waals surface area (Å²) in [4.78, 5) is 12.4. The normalized spacial score (nSPS) is 27.2. The summed E-state index contributed by atoms with van der Waals surface area (Å²) >= 11 is 5.78. The number of rotatable bonds is 6. The van der Waals surface area contributed by atoms with Gasteiger partial charge in [0.15, 0.2) is 9.84 Å². The molecule has 4 nitrogen and oxygen atoms in total. The molecule has 0 heterocycles. The molecule has 4 atom stereocenters. The average Bonchev–Trinajstić information content (AvgIpc) is 3.16. The van der Waals surface area contributed by atoms with Crippen LogP contribution in [0.3, 0.4) is 0 Å². The average molecular weight is 370 g/mol. The molecule has 2 fully saturated rings. The van der Waals surface area contributed by atoms with Crippen molar-refractivity contribution in [2.24, 2.45) is 17.8 Å². The number of nitrogens with one attached hydrogen (secondary N) is 1. The fourth-order valence-electron chi connectivity index (χ4n) is 4.33. The molecule has 2 saturated carbocycles. The van der Waals surface area contributed by atoms with Crippen molar-refractivity contribution in [3.8, 4) is 0 Å². The molecule has 132 valence electrons. The van der Waals surface area contributed by atoms with Gasteiger partial charge in [-0.05, 0) is 68.2 Å². The van der Waals surface area contributed by atoms with E-state index < -0.39 is 9.84 Å². The van der Waals surface area contributed by atoms with Crippen LogP contribution in [0.5, 0.6) is 0 Å². The Morgan fingerprint density at radius 2 is 1.96 bits per heavy atom. The number of fused-ring (bicyclic) bond motifs is 2. The maximum atomic E-state index is 12.3. The molecule has 3 rings (SSSR count). The van der Waals surface area contributed by atoms with Crippen molar-refractivity contribution >= 4 is 27.3 Å². The van der Waals surface area contributed by atoms with Crippen molar-refractivity contribution < 1.29 is 13.2 Å². The lowest BCUT2D eigenvalue weighted by Gasteiger charge is -2.28. The Bertz CT molecular complexity index is 701. The van der Waals surface area contributed by atoms with E-state index in [2.05, 4.69) is 12.2 Å². The van der Waals surface area contributed by atoms with Gasteiger partial charge in [-0.25, -0.2) is 8.42 Å². The van der Waals surface area contributed by atoms with E-state index in [1.807, 2.05) is 0 Å². The summed E-state index contributed by atoms with van der Waals surface area (Å²) in [5.41, 5.74) is 0. The highest BCUT2D eigenvalue weighted by Crippen LogP contribution is 2.49. The van der Waals surface area contributed by atoms with Gasteiger partial charge in [-0.3, -0.25) is 4.79 Å². The van der Waals surface area contributed by atoms with Gasteiger partial charge in [-0.1, -0.05) is 18.0 Å². The van der Waals surface area contributed by atoms with Gasteiger partial charge in [-0.15, -0.1) is 0 Å². The predicted octanol–water partition coefficient (Wildman–Crippen LogP) is 3.44. The molecule has 0 unspecified atom stereocenters. The van der Waals surface area contributed by atoms with E-state index in [0.717, 1.165) is 11.8 Å². The highest BCUT2D eigenvalue weighted by molar-refractivity contribution is 7.91. The van der Waals surface area contributed by atoms with Crippen LogP contribution in [0, 0.1) is 17.8 Å². The molecular weight excluding hydrogens is 346 g/mol. The van der Waals surface area contributed by atoms with Gasteiger partial charge in [0.1, 0.15) is 0 Å². The first kappa shape index (κ1) is 17.7. The third kappa shape index (κ3) is 3.94. The highest BCUT2D eigenvalue weighted by Gasteiger charge is 2.42. The Morgan fingerprint density at radius 1 is 1.25 bits per heavy atom. The monoisotopic (exact) mass is 369 g/mol. The quantitative estimate of drug-likeness (QED) is 0.835. The van der Waals surface area contributed by atoms with Crippen LogP contribution in [0.25, 0.3) is 0 Å². The van der Waals surface area contributed by atoms with Gasteiger partial charge in [0, 0.05) is 17.5 Å². The van der Waals surface area contributed by atoms with Crippen LogP contribution in [-0.4, -0.2) is 26.1 Å². The van der Waals surface area contributed by atoms with Gasteiger partial charge >= 0.3 is 0 Å². The molecule has 2 bridgehead atoms. The summed E-state index contributed by atoms with van der Waals surface area (Å²) in [6.45, 7) is 2.05. The number of sulfone groups is 1. The van der Waals surface area contributed by atoms with Gasteiger partial charge in [0.25, 0.3) is 0 Å². The predicted molar refractivity (Wildman–Crippen MR) is 94.7 cm³/mol. The van der Waals surface area contributed by atoms with Crippen molar-refractivity contribution in [1.29, 1.82) is 0 Å². The molecule has 1 amide bonds. The Kier molecular flexibility index (Phi) is 5.21. The summed E-state index contributed by atoms with van der Waals surface area (Å²) < 4.78 is 24.5. The third-order valence-corrected chi connectivity index (χ3v) is 7.58. The van der Waals surface area contributed by atoms with E-state index in [1.165, 1.54) is 37.8 Å². The van der Waals surface area contributed by atoms with Crippen LogP contribution >= 0.6 is 11.6 Å². The molecule has 0 saturated heterocycles. The minimum absolute atomic E-state index is 0.00385. The molecule has 6 heteroatoms. The topological polar surface area (TPSA) is 63.2 Å². The molecule has 1 aromatic carbocycles. The zero-order valence-electron chi connectivity index (χ0n) is 13.9. The van der Waals surface area contributed by atoms with E-state index >= 15 is 0 Å². The number of carbonyl (C=O) groups is 1. The van der Waals surface area contributed by atoms with E-state index in [1.54, 1.807) is 12.1 Å². The Labute approximate surface area is 148 Å². The Hall–Kier alpha value is -1.07. The van der Waals surface area contributed by atoms with Crippen LogP contribution in [0.2, 0.25) is 5.02 Å². The maximum Gasteiger partial charge on any atom is 0.221 e. The second-order valence-corrected chi connectivity index (χ2v) is 9.76. The van der Waals surface area contributed by atoms with Crippen molar-refractivity contribution in [1.82, 2.24) is 5.32 Å². The summed E-state index contributed by atoms with van der Waals surface area (Å²) in [5, 5.41) is 3.51. The molecule has 0 aromatic heterocycles. The first-order valence-electron chi connectivity index (χ1n) is 8.63. The summed E-state index contributed by atoms with van der Waals surface area (Å²) in [7, 11) is -3.45. The standard InChI is InChI=1S/C18H24ClNO3S/c1-12(17-11-13-2-3-14(17)10-13)20-18(21)8-9-24(22,23)16-6-4-15(19)5-7-16/h4-7,12-14,17H,2-3,8-11H2,1H3,(H,20,21)/t12-,13+,14+,17-/m1/s1. The van der Waals surface area contributed by atoms with Crippen molar-refractivity contribution in [3.63, 3.8) is 0 Å². The zero-order chi connectivity index (χ0) is 17.3. The number of benzene rings is 1. The third-order valence-electron chi connectivity index (χ3n) is 5.59. The lowest BCUT2D eigenvalue weighted by atomic mass is 9.84. The number of amides is 1. The van der Waals surface area contributed by atoms with E-state index in [-0.39, 0.29) is 29.0 Å². The van der Waals surface area contributed by atoms with Crippen molar-refractivity contribution in [2.45, 2.75) is 50.0 Å². The Balaban J connectivity index is 1.51. The maximum absolute atomic E-state index is 12.3. The molecule has 0 spiro atoms. The number of hydrogen-bond acceptors (Lipinski definition) is 3. The smallest absolute Gasteiger partial charge is 0.221 e. The van der Waals surface area contributed by atoms with Crippen LogP contribution in [0.15, 0.2) is 29.2 Å². The first-order valence-corrected chi connectivity index (χ1v) is 10.7. The molecule has 2 aliphatic carbocycles. The van der Waals surface area contributed by atoms with Gasteiger partial charge < -0.3 is 5.32 Å².